The van der Waals surface area contributed by atoms with Crippen LogP contribution in [-0.4, -0.2) is 57.2 Å². The first kappa shape index (κ1) is 24.3. The van der Waals surface area contributed by atoms with Gasteiger partial charge in [0.05, 0.1) is 24.1 Å². The van der Waals surface area contributed by atoms with Gasteiger partial charge in [-0.15, -0.1) is 0 Å². The molecule has 0 bridgehead atoms. The van der Waals surface area contributed by atoms with Gasteiger partial charge in [-0.05, 0) is 44.0 Å². The van der Waals surface area contributed by atoms with E-state index in [0.717, 1.165) is 35.6 Å². The number of pyridine rings is 1. The number of rotatable bonds is 8. The van der Waals surface area contributed by atoms with E-state index in [-0.39, 0.29) is 12.1 Å². The smallest absolute Gasteiger partial charge is 0.278 e. The van der Waals surface area contributed by atoms with Crippen molar-refractivity contribution in [2.75, 3.05) is 17.4 Å². The zero-order valence-electron chi connectivity index (χ0n) is 19.7. The molecule has 9 heteroatoms. The molecule has 2 aromatic rings. The van der Waals surface area contributed by atoms with Crippen molar-refractivity contribution in [1.29, 1.82) is 0 Å². The van der Waals surface area contributed by atoms with Crippen molar-refractivity contribution in [3.8, 4) is 0 Å². The van der Waals surface area contributed by atoms with Crippen LogP contribution in [0.5, 0.6) is 0 Å². The normalized spacial score (nSPS) is 20.9. The Morgan fingerprint density at radius 1 is 1.15 bits per heavy atom. The number of benzene rings is 1. The highest BCUT2D eigenvalue weighted by atomic mass is 32.2. The van der Waals surface area contributed by atoms with Crippen LogP contribution in [0.2, 0.25) is 0 Å². The van der Waals surface area contributed by atoms with Gasteiger partial charge in [0.2, 0.25) is 0 Å². The lowest BCUT2D eigenvalue weighted by molar-refractivity contribution is 0.119. The van der Waals surface area contributed by atoms with E-state index in [2.05, 4.69) is 62.1 Å². The zero-order chi connectivity index (χ0) is 24.2. The highest BCUT2D eigenvalue weighted by Crippen LogP contribution is 2.31. The van der Waals surface area contributed by atoms with Crippen molar-refractivity contribution < 1.29 is 8.78 Å². The van der Waals surface area contributed by atoms with Crippen LogP contribution in [0, 0.1) is 0 Å². The predicted molar refractivity (Wildman–Crippen MR) is 136 cm³/mol. The summed E-state index contributed by atoms with van der Waals surface area (Å²) in [5.74, 6) is 0. The molecule has 0 amide bonds. The molecule has 1 fully saturated rings. The quantitative estimate of drug-likeness (QED) is 0.470. The Labute approximate surface area is 204 Å². The molecule has 1 aromatic heterocycles. The van der Waals surface area contributed by atoms with Gasteiger partial charge in [0.25, 0.3) is 6.43 Å². The number of nitrogens with zero attached hydrogens (tertiary/aromatic N) is 6. The highest BCUT2D eigenvalue weighted by Gasteiger charge is 2.31. The van der Waals surface area contributed by atoms with E-state index in [1.807, 2.05) is 36.5 Å². The second kappa shape index (κ2) is 10.7. The van der Waals surface area contributed by atoms with Gasteiger partial charge in [0.1, 0.15) is 5.71 Å². The lowest BCUT2D eigenvalue weighted by Crippen LogP contribution is -2.54. The number of alkyl halides is 2. The molecule has 2 atom stereocenters. The van der Waals surface area contributed by atoms with Gasteiger partial charge in [-0.1, -0.05) is 30.8 Å². The van der Waals surface area contributed by atoms with Crippen molar-refractivity contribution in [2.24, 2.45) is 10.2 Å². The number of aromatic nitrogens is 1. The number of hydrogen-bond acceptors (Lipinski definition) is 7. The summed E-state index contributed by atoms with van der Waals surface area (Å²) in [6, 6.07) is 12.6. The highest BCUT2D eigenvalue weighted by molar-refractivity contribution is 7.98. The third-order valence-corrected chi connectivity index (χ3v) is 7.05. The fourth-order valence-electron chi connectivity index (χ4n) is 4.52. The molecule has 1 saturated heterocycles. The minimum atomic E-state index is -2.56. The van der Waals surface area contributed by atoms with Gasteiger partial charge in [0.15, 0.2) is 0 Å². The molecule has 180 valence electrons. The predicted octanol–water partition coefficient (Wildman–Crippen LogP) is 5.39. The van der Waals surface area contributed by atoms with Crippen molar-refractivity contribution in [3.63, 3.8) is 0 Å². The second-order valence-corrected chi connectivity index (χ2v) is 9.95. The average Bonchev–Trinajstić information content (AvgIpc) is 3.30. The summed E-state index contributed by atoms with van der Waals surface area (Å²) in [5.41, 5.74) is 4.46. The number of anilines is 1. The summed E-state index contributed by atoms with van der Waals surface area (Å²) in [6.45, 7) is 13.2. The van der Waals surface area contributed by atoms with E-state index in [0.29, 0.717) is 24.3 Å². The van der Waals surface area contributed by atoms with Gasteiger partial charge < -0.3 is 4.90 Å². The molecule has 2 aliphatic heterocycles. The first-order chi connectivity index (χ1) is 16.3. The first-order valence-corrected chi connectivity index (χ1v) is 12.1. The minimum absolute atomic E-state index is 0.0984. The van der Waals surface area contributed by atoms with Crippen LogP contribution in [-0.2, 0) is 6.54 Å². The molecule has 2 unspecified atom stereocenters. The number of piperazine rings is 1. The maximum Gasteiger partial charge on any atom is 0.278 e. The molecular formula is C25H30F2N6S. The van der Waals surface area contributed by atoms with Crippen LogP contribution < -0.4 is 4.31 Å². The molecule has 0 N–H and O–H groups in total. The molecule has 0 saturated carbocycles. The van der Waals surface area contributed by atoms with E-state index in [1.165, 1.54) is 0 Å². The van der Waals surface area contributed by atoms with Crippen molar-refractivity contribution in [2.45, 2.75) is 52.2 Å². The lowest BCUT2D eigenvalue weighted by Gasteiger charge is -2.46. The summed E-state index contributed by atoms with van der Waals surface area (Å²) in [7, 11) is 0. The Balaban J connectivity index is 1.46. The van der Waals surface area contributed by atoms with Gasteiger partial charge in [0, 0.05) is 55.6 Å². The van der Waals surface area contributed by atoms with E-state index in [4.69, 9.17) is 0 Å². The monoisotopic (exact) mass is 484 g/mol. The maximum absolute atomic E-state index is 12.9. The third-order valence-electron chi connectivity index (χ3n) is 5.99. The minimum Gasteiger partial charge on any atom is -0.368 e. The maximum atomic E-state index is 12.9. The molecule has 6 nitrogen and oxygen atoms in total. The SMILES string of the molecule is C=C(C)N1C(C)CN(SN(Cc2ccc(C3=NN=C(C(F)F)C3)cc2)c2cccnc2)CC1C. The van der Waals surface area contributed by atoms with Gasteiger partial charge in [-0.3, -0.25) is 9.29 Å². The fourth-order valence-corrected chi connectivity index (χ4v) is 5.77. The Kier molecular flexibility index (Phi) is 7.63. The third kappa shape index (κ3) is 5.64. The molecule has 2 aliphatic rings. The average molecular weight is 485 g/mol. The van der Waals surface area contributed by atoms with Gasteiger partial charge in [-0.2, -0.15) is 10.2 Å². The van der Waals surface area contributed by atoms with Crippen LogP contribution in [0.25, 0.3) is 0 Å². The zero-order valence-corrected chi connectivity index (χ0v) is 20.6. The fraction of sp³-hybridized carbons (Fsp3) is 0.400. The first-order valence-electron chi connectivity index (χ1n) is 11.4. The van der Waals surface area contributed by atoms with E-state index >= 15 is 0 Å². The molecule has 4 rings (SSSR count). The summed E-state index contributed by atoms with van der Waals surface area (Å²) >= 11 is 1.71. The summed E-state index contributed by atoms with van der Waals surface area (Å²) < 4.78 is 30.4. The van der Waals surface area contributed by atoms with Crippen LogP contribution in [0.4, 0.5) is 14.5 Å². The molecule has 0 radical (unpaired) electrons. The Morgan fingerprint density at radius 3 is 2.41 bits per heavy atom. The van der Waals surface area contributed by atoms with Crippen LogP contribution in [0.3, 0.4) is 0 Å². The van der Waals surface area contributed by atoms with Crippen LogP contribution in [0.15, 0.2) is 71.3 Å². The largest absolute Gasteiger partial charge is 0.368 e. The molecular weight excluding hydrogens is 454 g/mol. The van der Waals surface area contributed by atoms with Crippen LogP contribution in [0.1, 0.15) is 38.3 Å². The van der Waals surface area contributed by atoms with Gasteiger partial charge in [-0.25, -0.2) is 13.1 Å². The Bertz CT molecular complexity index is 1040. The molecule has 0 spiro atoms. The topological polar surface area (TPSA) is 47.3 Å². The van der Waals surface area contributed by atoms with E-state index in [1.54, 1.807) is 18.3 Å². The summed E-state index contributed by atoms with van der Waals surface area (Å²) in [6.07, 6.45) is 1.18. The number of allylic oxidation sites excluding steroid dienone is 1. The number of hydrogen-bond donors (Lipinski definition) is 0. The van der Waals surface area contributed by atoms with E-state index < -0.39 is 6.43 Å². The molecule has 1 aromatic carbocycles. The Hall–Kier alpha value is -2.78. The summed E-state index contributed by atoms with van der Waals surface area (Å²) in [4.78, 5) is 6.70. The van der Waals surface area contributed by atoms with E-state index in [9.17, 15) is 8.78 Å². The molecule has 34 heavy (non-hydrogen) atoms. The lowest BCUT2D eigenvalue weighted by atomic mass is 10.0. The van der Waals surface area contributed by atoms with Gasteiger partial charge >= 0.3 is 0 Å². The molecule has 3 heterocycles. The molecule has 0 aliphatic carbocycles. The van der Waals surface area contributed by atoms with Crippen molar-refractivity contribution in [1.82, 2.24) is 14.2 Å². The summed E-state index contributed by atoms with van der Waals surface area (Å²) in [5, 5.41) is 7.56. The number of halogens is 2. The second-order valence-electron chi connectivity index (χ2n) is 8.83. The van der Waals surface area contributed by atoms with Crippen LogP contribution >= 0.6 is 12.1 Å². The van der Waals surface area contributed by atoms with Crippen molar-refractivity contribution >= 4 is 29.2 Å². The Morgan fingerprint density at radius 2 is 1.85 bits per heavy atom. The standard InChI is InChI=1S/C25H30F2N6S/c1-17(2)33-18(3)14-31(15-19(33)4)34-32(22-6-5-11-28-13-22)16-20-7-9-21(10-8-20)23-12-24(25(26)27)30-29-23/h5-11,13,18-19,25H,1,12,14-16H2,2-4H3. The van der Waals surface area contributed by atoms with Crippen molar-refractivity contribution in [3.05, 3.63) is 72.2 Å².